The summed E-state index contributed by atoms with van der Waals surface area (Å²) in [6.45, 7) is 0. The van der Waals surface area contributed by atoms with Crippen LogP contribution in [0.15, 0.2) is 17.5 Å². The van der Waals surface area contributed by atoms with Crippen molar-refractivity contribution in [1.82, 2.24) is 0 Å². The molecule has 1 saturated carbocycles. The van der Waals surface area contributed by atoms with Gasteiger partial charge in [0, 0.05) is 10.9 Å². The summed E-state index contributed by atoms with van der Waals surface area (Å²) in [6.07, 6.45) is 5.42. The highest BCUT2D eigenvalue weighted by Gasteiger charge is 2.21. The Bertz CT molecular complexity index is 226. The summed E-state index contributed by atoms with van der Waals surface area (Å²) in [7, 11) is 0. The molecule has 1 unspecified atom stereocenters. The lowest BCUT2D eigenvalue weighted by atomic mass is 9.81. The van der Waals surface area contributed by atoms with Gasteiger partial charge in [-0.3, -0.25) is 0 Å². The summed E-state index contributed by atoms with van der Waals surface area (Å²) in [5, 5.41) is 2.11. The predicted octanol–water partition coefficient (Wildman–Crippen LogP) is 2.94. The Morgan fingerprint density at radius 1 is 1.58 bits per heavy atom. The average molecular weight is 181 g/mol. The van der Waals surface area contributed by atoms with Crippen LogP contribution in [-0.2, 0) is 0 Å². The lowest BCUT2D eigenvalue weighted by Gasteiger charge is -2.27. The zero-order chi connectivity index (χ0) is 8.39. The molecule has 0 bridgehead atoms. The molecule has 1 heterocycles. The lowest BCUT2D eigenvalue weighted by Crippen LogP contribution is -2.19. The molecule has 1 aliphatic rings. The summed E-state index contributed by atoms with van der Waals surface area (Å²) < 4.78 is 0. The minimum atomic E-state index is 0.301. The first-order chi connectivity index (χ1) is 5.86. The van der Waals surface area contributed by atoms with Crippen LogP contribution in [0.3, 0.4) is 0 Å². The third-order valence-electron chi connectivity index (χ3n) is 2.72. The van der Waals surface area contributed by atoms with Crippen LogP contribution in [0.2, 0.25) is 0 Å². The summed E-state index contributed by atoms with van der Waals surface area (Å²) >= 11 is 1.78. The fourth-order valence-corrected chi connectivity index (χ4v) is 2.45. The predicted molar refractivity (Wildman–Crippen MR) is 53.2 cm³/mol. The second-order valence-corrected chi connectivity index (χ2v) is 4.63. The molecule has 12 heavy (non-hydrogen) atoms. The van der Waals surface area contributed by atoms with Gasteiger partial charge in [0.1, 0.15) is 0 Å². The Kier molecular flexibility index (Phi) is 2.47. The van der Waals surface area contributed by atoms with E-state index in [9.17, 15) is 0 Å². The van der Waals surface area contributed by atoms with Crippen molar-refractivity contribution < 1.29 is 0 Å². The molecule has 1 atom stereocenters. The summed E-state index contributed by atoms with van der Waals surface area (Å²) in [4.78, 5) is 1.35. The van der Waals surface area contributed by atoms with E-state index in [0.717, 1.165) is 5.92 Å². The molecule has 0 aliphatic heterocycles. The largest absolute Gasteiger partial charge is 0.323 e. The zero-order valence-electron chi connectivity index (χ0n) is 7.20. The van der Waals surface area contributed by atoms with E-state index >= 15 is 0 Å². The van der Waals surface area contributed by atoms with Gasteiger partial charge in [-0.25, -0.2) is 0 Å². The summed E-state index contributed by atoms with van der Waals surface area (Å²) in [5.41, 5.74) is 6.06. The van der Waals surface area contributed by atoms with E-state index < -0.39 is 0 Å². The van der Waals surface area contributed by atoms with Crippen molar-refractivity contribution in [2.45, 2.75) is 31.7 Å². The molecule has 1 aliphatic carbocycles. The summed E-state index contributed by atoms with van der Waals surface area (Å²) in [6, 6.07) is 4.53. The molecule has 2 heteroatoms. The average Bonchev–Trinajstić information content (AvgIpc) is 2.47. The number of rotatable bonds is 3. The van der Waals surface area contributed by atoms with Crippen LogP contribution in [0.1, 0.15) is 36.6 Å². The van der Waals surface area contributed by atoms with Crippen LogP contribution in [0, 0.1) is 5.92 Å². The van der Waals surface area contributed by atoms with Gasteiger partial charge in [-0.15, -0.1) is 11.3 Å². The first kappa shape index (κ1) is 8.27. The van der Waals surface area contributed by atoms with E-state index in [2.05, 4.69) is 17.5 Å². The Morgan fingerprint density at radius 2 is 2.42 bits per heavy atom. The molecule has 1 fully saturated rings. The van der Waals surface area contributed by atoms with Crippen molar-refractivity contribution in [3.8, 4) is 0 Å². The van der Waals surface area contributed by atoms with Crippen LogP contribution in [0.4, 0.5) is 0 Å². The number of hydrogen-bond acceptors (Lipinski definition) is 2. The molecule has 0 spiro atoms. The van der Waals surface area contributed by atoms with Gasteiger partial charge in [-0.2, -0.15) is 0 Å². The number of thiophene rings is 1. The fraction of sp³-hybridized carbons (Fsp3) is 0.600. The molecule has 1 nitrogen and oxygen atoms in total. The normalized spacial score (nSPS) is 20.4. The topological polar surface area (TPSA) is 26.0 Å². The highest BCUT2D eigenvalue weighted by molar-refractivity contribution is 7.10. The second kappa shape index (κ2) is 3.58. The number of hydrogen-bond donors (Lipinski definition) is 1. The maximum Gasteiger partial charge on any atom is 0.0392 e. The minimum Gasteiger partial charge on any atom is -0.323 e. The van der Waals surface area contributed by atoms with Crippen molar-refractivity contribution in [3.05, 3.63) is 22.4 Å². The van der Waals surface area contributed by atoms with Crippen molar-refractivity contribution in [3.63, 3.8) is 0 Å². The molecule has 1 aromatic rings. The Labute approximate surface area is 77.6 Å². The van der Waals surface area contributed by atoms with Crippen molar-refractivity contribution >= 4 is 11.3 Å². The van der Waals surface area contributed by atoms with Gasteiger partial charge in [0.05, 0.1) is 0 Å². The van der Waals surface area contributed by atoms with Crippen molar-refractivity contribution in [1.29, 1.82) is 0 Å². The fourth-order valence-electron chi connectivity index (χ4n) is 1.71. The highest BCUT2D eigenvalue weighted by atomic mass is 32.1. The molecule has 0 saturated heterocycles. The van der Waals surface area contributed by atoms with Crippen LogP contribution >= 0.6 is 11.3 Å². The van der Waals surface area contributed by atoms with E-state index in [1.54, 1.807) is 11.3 Å². The molecule has 0 radical (unpaired) electrons. The van der Waals surface area contributed by atoms with Gasteiger partial charge in [0.15, 0.2) is 0 Å². The van der Waals surface area contributed by atoms with E-state index in [4.69, 9.17) is 5.73 Å². The molecular weight excluding hydrogens is 166 g/mol. The standard InChI is InChI=1S/C10H15NS/c11-9(7-8-3-1-4-8)10-5-2-6-12-10/h2,5-6,8-9H,1,3-4,7,11H2. The third-order valence-corrected chi connectivity index (χ3v) is 3.72. The Balaban J connectivity index is 1.87. The van der Waals surface area contributed by atoms with Crippen molar-refractivity contribution in [2.75, 3.05) is 0 Å². The van der Waals surface area contributed by atoms with Gasteiger partial charge < -0.3 is 5.73 Å². The van der Waals surface area contributed by atoms with E-state index in [1.165, 1.54) is 30.6 Å². The molecule has 1 aromatic heterocycles. The van der Waals surface area contributed by atoms with E-state index in [1.807, 2.05) is 0 Å². The van der Waals surface area contributed by atoms with Crippen LogP contribution in [0.25, 0.3) is 0 Å². The van der Waals surface area contributed by atoms with E-state index in [-0.39, 0.29) is 0 Å². The smallest absolute Gasteiger partial charge is 0.0392 e. The van der Waals surface area contributed by atoms with Gasteiger partial charge in [0.2, 0.25) is 0 Å². The first-order valence-electron chi connectivity index (χ1n) is 4.65. The molecule has 0 aromatic carbocycles. The summed E-state index contributed by atoms with van der Waals surface area (Å²) in [5.74, 6) is 0.919. The molecule has 2 N–H and O–H groups in total. The highest BCUT2D eigenvalue weighted by Crippen LogP contribution is 2.34. The first-order valence-corrected chi connectivity index (χ1v) is 5.53. The van der Waals surface area contributed by atoms with Gasteiger partial charge in [-0.05, 0) is 23.8 Å². The van der Waals surface area contributed by atoms with Gasteiger partial charge in [0.25, 0.3) is 0 Å². The second-order valence-electron chi connectivity index (χ2n) is 3.65. The third kappa shape index (κ3) is 1.70. The van der Waals surface area contributed by atoms with Gasteiger partial charge >= 0.3 is 0 Å². The SMILES string of the molecule is NC(CC1CCC1)c1cccs1. The molecular formula is C10H15NS. The molecule has 0 amide bonds. The number of nitrogens with two attached hydrogens (primary N) is 1. The molecule has 66 valence electrons. The maximum absolute atomic E-state index is 6.06. The Morgan fingerprint density at radius 3 is 2.92 bits per heavy atom. The Hall–Kier alpha value is -0.340. The minimum absolute atomic E-state index is 0.301. The zero-order valence-corrected chi connectivity index (χ0v) is 8.02. The lowest BCUT2D eigenvalue weighted by molar-refractivity contribution is 0.278. The van der Waals surface area contributed by atoms with Crippen LogP contribution < -0.4 is 5.73 Å². The van der Waals surface area contributed by atoms with Gasteiger partial charge in [-0.1, -0.05) is 25.3 Å². The van der Waals surface area contributed by atoms with E-state index in [0.29, 0.717) is 6.04 Å². The van der Waals surface area contributed by atoms with Crippen LogP contribution in [-0.4, -0.2) is 0 Å². The van der Waals surface area contributed by atoms with Crippen LogP contribution in [0.5, 0.6) is 0 Å². The molecule has 2 rings (SSSR count). The quantitative estimate of drug-likeness (QED) is 0.762. The monoisotopic (exact) mass is 181 g/mol. The maximum atomic E-state index is 6.06. The van der Waals surface area contributed by atoms with Crippen molar-refractivity contribution in [2.24, 2.45) is 11.7 Å².